The summed E-state index contributed by atoms with van der Waals surface area (Å²) < 4.78 is 0. The predicted octanol–water partition coefficient (Wildman–Crippen LogP) is 3.36. The largest absolute Gasteiger partial charge is 0.384 e. The van der Waals surface area contributed by atoms with E-state index in [0.717, 1.165) is 86.9 Å². The Labute approximate surface area is 205 Å². The van der Waals surface area contributed by atoms with Crippen molar-refractivity contribution in [1.82, 2.24) is 14.9 Å². The minimum Gasteiger partial charge on any atom is -0.384 e. The first-order valence-electron chi connectivity index (χ1n) is 12.5. The zero-order chi connectivity index (χ0) is 23.8. The number of pyridine rings is 2. The van der Waals surface area contributed by atoms with Gasteiger partial charge in [0.15, 0.2) is 5.82 Å². The molecule has 0 bridgehead atoms. The second kappa shape index (κ2) is 9.19. The second-order valence-corrected chi connectivity index (χ2v) is 9.67. The molecule has 35 heavy (non-hydrogen) atoms. The van der Waals surface area contributed by atoms with Crippen molar-refractivity contribution >= 4 is 28.9 Å². The third-order valence-corrected chi connectivity index (χ3v) is 7.34. The van der Waals surface area contributed by atoms with Crippen molar-refractivity contribution in [2.24, 2.45) is 0 Å². The van der Waals surface area contributed by atoms with E-state index in [4.69, 9.17) is 10.7 Å². The van der Waals surface area contributed by atoms with Gasteiger partial charge in [-0.2, -0.15) is 0 Å². The molecule has 1 aromatic carbocycles. The Kier molecular flexibility index (Phi) is 5.74. The number of nitrogen functional groups attached to an aromatic ring is 1. The molecule has 2 aromatic heterocycles. The van der Waals surface area contributed by atoms with E-state index in [1.165, 1.54) is 5.69 Å². The van der Waals surface area contributed by atoms with E-state index >= 15 is 0 Å². The molecule has 180 valence electrons. The highest BCUT2D eigenvalue weighted by molar-refractivity contribution is 6.02. The van der Waals surface area contributed by atoms with Crippen molar-refractivity contribution in [3.63, 3.8) is 0 Å². The first kappa shape index (κ1) is 21.9. The molecule has 8 nitrogen and oxygen atoms in total. The number of piperidine rings is 1. The Balaban J connectivity index is 1.07. The van der Waals surface area contributed by atoms with Gasteiger partial charge >= 0.3 is 0 Å². The molecule has 2 fully saturated rings. The molecule has 1 amide bonds. The molecule has 3 aromatic rings. The summed E-state index contributed by atoms with van der Waals surface area (Å²) in [7, 11) is 0. The van der Waals surface area contributed by atoms with Gasteiger partial charge < -0.3 is 20.9 Å². The minimum atomic E-state index is -0.0566. The van der Waals surface area contributed by atoms with E-state index in [2.05, 4.69) is 55.3 Å². The van der Waals surface area contributed by atoms with Gasteiger partial charge in [-0.05, 0) is 55.2 Å². The van der Waals surface area contributed by atoms with Gasteiger partial charge in [-0.25, -0.2) is 9.97 Å². The standard InChI is InChI=1S/C27H31N7O/c28-25-6-3-4-22(30-25)20-7-9-21(10-8-20)33-14-12-32(13-15-33)18-19-16-23-26(29-17-19)34-11-2-1-5-24(34)27(35)31-23/h3-4,6-10,16-17,24H,1-2,5,11-15,18H2,(H2,28,30)(H,31,35)/t24-/m0/s1. The lowest BCUT2D eigenvalue weighted by molar-refractivity contribution is -0.118. The van der Waals surface area contributed by atoms with Crippen LogP contribution in [-0.2, 0) is 11.3 Å². The molecule has 0 unspecified atom stereocenters. The number of anilines is 4. The van der Waals surface area contributed by atoms with Crippen LogP contribution in [0.5, 0.6) is 0 Å². The number of nitrogens with one attached hydrogen (secondary N) is 1. The average Bonchev–Trinajstić information content (AvgIpc) is 2.89. The smallest absolute Gasteiger partial charge is 0.247 e. The summed E-state index contributed by atoms with van der Waals surface area (Å²) in [5.41, 5.74) is 11.0. The summed E-state index contributed by atoms with van der Waals surface area (Å²) in [6.45, 7) is 5.66. The SMILES string of the molecule is Nc1cccc(-c2ccc(N3CCN(Cc4cnc5c(c4)NC(=O)[C@@H]4CCCCN54)CC3)cc2)n1. The van der Waals surface area contributed by atoms with E-state index in [1.807, 2.05) is 18.3 Å². The summed E-state index contributed by atoms with van der Waals surface area (Å²) in [6, 6.07) is 16.3. The molecule has 0 spiro atoms. The van der Waals surface area contributed by atoms with Gasteiger partial charge in [0.05, 0.1) is 11.4 Å². The number of carbonyl (C=O) groups is 1. The third-order valence-electron chi connectivity index (χ3n) is 7.34. The Bertz CT molecular complexity index is 1220. The quantitative estimate of drug-likeness (QED) is 0.606. The van der Waals surface area contributed by atoms with Crippen LogP contribution in [0, 0.1) is 0 Å². The molecule has 5 heterocycles. The van der Waals surface area contributed by atoms with Crippen LogP contribution in [-0.4, -0.2) is 59.5 Å². The van der Waals surface area contributed by atoms with Gasteiger partial charge in [-0.1, -0.05) is 18.2 Å². The van der Waals surface area contributed by atoms with Gasteiger partial charge in [0.2, 0.25) is 5.91 Å². The first-order valence-corrected chi connectivity index (χ1v) is 12.5. The Morgan fingerprint density at radius 1 is 1.00 bits per heavy atom. The van der Waals surface area contributed by atoms with E-state index in [0.29, 0.717) is 5.82 Å². The van der Waals surface area contributed by atoms with Crippen molar-refractivity contribution in [1.29, 1.82) is 0 Å². The summed E-state index contributed by atoms with van der Waals surface area (Å²) in [5, 5.41) is 3.10. The molecule has 0 saturated carbocycles. The van der Waals surface area contributed by atoms with E-state index in [-0.39, 0.29) is 11.9 Å². The van der Waals surface area contributed by atoms with Crippen LogP contribution in [0.4, 0.5) is 23.0 Å². The van der Waals surface area contributed by atoms with Crippen LogP contribution in [0.1, 0.15) is 24.8 Å². The van der Waals surface area contributed by atoms with Crippen LogP contribution >= 0.6 is 0 Å². The summed E-state index contributed by atoms with van der Waals surface area (Å²) >= 11 is 0. The van der Waals surface area contributed by atoms with Gasteiger partial charge in [0.1, 0.15) is 11.9 Å². The number of nitrogens with zero attached hydrogens (tertiary/aromatic N) is 5. The predicted molar refractivity (Wildman–Crippen MR) is 139 cm³/mol. The monoisotopic (exact) mass is 469 g/mol. The van der Waals surface area contributed by atoms with Crippen molar-refractivity contribution in [3.05, 3.63) is 60.3 Å². The summed E-state index contributed by atoms with van der Waals surface area (Å²) in [5.74, 6) is 1.58. The lowest BCUT2D eigenvalue weighted by atomic mass is 9.99. The summed E-state index contributed by atoms with van der Waals surface area (Å²) in [6.07, 6.45) is 5.13. The molecule has 3 N–H and O–H groups in total. The molecule has 0 aliphatic carbocycles. The molecule has 3 aliphatic heterocycles. The van der Waals surface area contributed by atoms with Gasteiger partial charge in [-0.3, -0.25) is 9.69 Å². The Morgan fingerprint density at radius 3 is 2.63 bits per heavy atom. The molecule has 2 saturated heterocycles. The van der Waals surface area contributed by atoms with Crippen LogP contribution in [0.25, 0.3) is 11.3 Å². The van der Waals surface area contributed by atoms with Crippen LogP contribution in [0.2, 0.25) is 0 Å². The first-order chi connectivity index (χ1) is 17.1. The second-order valence-electron chi connectivity index (χ2n) is 9.67. The van der Waals surface area contributed by atoms with Gasteiger partial charge in [0.25, 0.3) is 0 Å². The van der Waals surface area contributed by atoms with Crippen LogP contribution in [0.15, 0.2) is 54.7 Å². The maximum absolute atomic E-state index is 12.6. The van der Waals surface area contributed by atoms with Gasteiger partial charge in [0, 0.05) is 56.7 Å². The number of amides is 1. The maximum Gasteiger partial charge on any atom is 0.247 e. The number of aromatic nitrogens is 2. The molecule has 3 aliphatic rings. The molecule has 0 radical (unpaired) electrons. The fraction of sp³-hybridized carbons (Fsp3) is 0.370. The number of rotatable bonds is 4. The normalized spacial score (nSPS) is 20.2. The van der Waals surface area contributed by atoms with E-state index in [9.17, 15) is 4.79 Å². The topological polar surface area (TPSA) is 90.6 Å². The zero-order valence-electron chi connectivity index (χ0n) is 19.9. The van der Waals surface area contributed by atoms with Gasteiger partial charge in [-0.15, -0.1) is 0 Å². The molecular formula is C27H31N7O. The highest BCUT2D eigenvalue weighted by Crippen LogP contribution is 2.35. The number of carbonyl (C=O) groups excluding carboxylic acids is 1. The minimum absolute atomic E-state index is 0.0566. The number of hydrogen-bond acceptors (Lipinski definition) is 7. The van der Waals surface area contributed by atoms with Crippen molar-refractivity contribution in [3.8, 4) is 11.3 Å². The van der Waals surface area contributed by atoms with E-state index < -0.39 is 0 Å². The highest BCUT2D eigenvalue weighted by Gasteiger charge is 2.35. The third kappa shape index (κ3) is 4.41. The number of benzene rings is 1. The zero-order valence-corrected chi connectivity index (χ0v) is 19.9. The lowest BCUT2D eigenvalue weighted by Crippen LogP contribution is -2.51. The van der Waals surface area contributed by atoms with Crippen molar-refractivity contribution < 1.29 is 4.79 Å². The fourth-order valence-corrected chi connectivity index (χ4v) is 5.46. The van der Waals surface area contributed by atoms with Crippen molar-refractivity contribution in [2.75, 3.05) is 53.6 Å². The number of piperazine rings is 1. The highest BCUT2D eigenvalue weighted by atomic mass is 16.2. The lowest BCUT2D eigenvalue weighted by Gasteiger charge is -2.40. The number of nitrogens with two attached hydrogens (primary N) is 1. The molecule has 8 heteroatoms. The Hall–Kier alpha value is -3.65. The Morgan fingerprint density at radius 2 is 1.83 bits per heavy atom. The van der Waals surface area contributed by atoms with E-state index in [1.54, 1.807) is 6.07 Å². The fourth-order valence-electron chi connectivity index (χ4n) is 5.46. The number of fused-ring (bicyclic) bond motifs is 3. The average molecular weight is 470 g/mol. The van der Waals surface area contributed by atoms with Crippen molar-refractivity contribution in [2.45, 2.75) is 31.8 Å². The molecular weight excluding hydrogens is 438 g/mol. The molecule has 6 rings (SSSR count). The van der Waals surface area contributed by atoms with Crippen LogP contribution in [0.3, 0.4) is 0 Å². The maximum atomic E-state index is 12.6. The molecule has 1 atom stereocenters. The van der Waals surface area contributed by atoms with Crippen LogP contribution < -0.4 is 20.9 Å². The summed E-state index contributed by atoms with van der Waals surface area (Å²) in [4.78, 5) is 28.8. The number of hydrogen-bond donors (Lipinski definition) is 2.